The summed E-state index contributed by atoms with van der Waals surface area (Å²) >= 11 is 0. The molecule has 0 aliphatic rings. The fourth-order valence-electron chi connectivity index (χ4n) is 1.77. The minimum Gasteiger partial charge on any atom is -0.491 e. The Bertz CT molecular complexity index is 479. The Labute approximate surface area is 118 Å². The highest BCUT2D eigenvalue weighted by Crippen LogP contribution is 2.38. The third kappa shape index (κ3) is 4.36. The van der Waals surface area contributed by atoms with E-state index in [0.717, 1.165) is 6.08 Å². The van der Waals surface area contributed by atoms with Gasteiger partial charge in [0.25, 0.3) is 0 Å². The van der Waals surface area contributed by atoms with E-state index in [0.29, 0.717) is 11.3 Å². The number of carboxylic acid groups (broad SMARTS) is 1. The summed E-state index contributed by atoms with van der Waals surface area (Å²) in [6.45, 7) is 3.49. The zero-order valence-electron chi connectivity index (χ0n) is 11.6. The van der Waals surface area contributed by atoms with E-state index in [-0.39, 0.29) is 13.2 Å². The van der Waals surface area contributed by atoms with E-state index in [2.05, 4.69) is 0 Å². The Morgan fingerprint density at radius 1 is 1.40 bits per heavy atom. The van der Waals surface area contributed by atoms with Crippen molar-refractivity contribution in [3.63, 3.8) is 0 Å². The van der Waals surface area contributed by atoms with Crippen LogP contribution in [-0.2, 0) is 4.79 Å². The average molecular weight is 280 g/mol. The van der Waals surface area contributed by atoms with Crippen LogP contribution in [0.3, 0.4) is 0 Å². The van der Waals surface area contributed by atoms with Crippen LogP contribution in [0, 0.1) is 5.41 Å². The number of para-hydroxylation sites is 1. The predicted octanol–water partition coefficient (Wildman–Crippen LogP) is 1.76. The topological polar surface area (TPSA) is 87.0 Å². The van der Waals surface area contributed by atoms with Crippen molar-refractivity contribution in [2.24, 2.45) is 5.41 Å². The van der Waals surface area contributed by atoms with Crippen LogP contribution in [-0.4, -0.2) is 34.5 Å². The van der Waals surface area contributed by atoms with Crippen LogP contribution in [0.15, 0.2) is 36.4 Å². The number of carbonyl (C=O) groups is 1. The molecule has 0 heterocycles. The van der Waals surface area contributed by atoms with Crippen LogP contribution in [0.5, 0.6) is 5.75 Å². The lowest BCUT2D eigenvalue weighted by molar-refractivity contribution is -0.131. The molecule has 1 aromatic rings. The fourth-order valence-corrected chi connectivity index (χ4v) is 1.77. The highest BCUT2D eigenvalue weighted by atomic mass is 16.5. The molecule has 0 fully saturated rings. The molecule has 0 aliphatic heterocycles. The van der Waals surface area contributed by atoms with Gasteiger partial charge in [0.15, 0.2) is 0 Å². The summed E-state index contributed by atoms with van der Waals surface area (Å²) in [5.41, 5.74) is -0.210. The second kappa shape index (κ2) is 7.07. The van der Waals surface area contributed by atoms with Gasteiger partial charge in [-0.3, -0.25) is 0 Å². The number of rotatable bonds is 7. The van der Waals surface area contributed by atoms with E-state index in [1.165, 1.54) is 6.08 Å². The van der Waals surface area contributed by atoms with E-state index in [4.69, 9.17) is 14.9 Å². The maximum Gasteiger partial charge on any atom is 0.327 e. The van der Waals surface area contributed by atoms with E-state index in [9.17, 15) is 9.90 Å². The summed E-state index contributed by atoms with van der Waals surface area (Å²) in [7, 11) is 0. The van der Waals surface area contributed by atoms with Crippen LogP contribution >= 0.6 is 0 Å². The molecule has 0 spiro atoms. The zero-order valence-corrected chi connectivity index (χ0v) is 11.6. The van der Waals surface area contributed by atoms with Gasteiger partial charge >= 0.3 is 5.97 Å². The van der Waals surface area contributed by atoms with Crippen LogP contribution in [0.25, 0.3) is 0 Å². The highest BCUT2D eigenvalue weighted by molar-refractivity contribution is 5.79. The van der Waals surface area contributed by atoms with Crippen molar-refractivity contribution in [1.82, 2.24) is 0 Å². The van der Waals surface area contributed by atoms with Gasteiger partial charge in [-0.05, 0) is 6.07 Å². The summed E-state index contributed by atoms with van der Waals surface area (Å²) in [6.07, 6.45) is 1.54. The highest BCUT2D eigenvalue weighted by Gasteiger charge is 2.29. The van der Waals surface area contributed by atoms with Crippen molar-refractivity contribution in [1.29, 1.82) is 0 Å². The van der Waals surface area contributed by atoms with Gasteiger partial charge < -0.3 is 20.1 Å². The van der Waals surface area contributed by atoms with Gasteiger partial charge in [0, 0.05) is 17.1 Å². The van der Waals surface area contributed by atoms with Crippen molar-refractivity contribution < 1.29 is 24.9 Å². The lowest BCUT2D eigenvalue weighted by Gasteiger charge is -2.28. The minimum atomic E-state index is -1.06. The van der Waals surface area contributed by atoms with Gasteiger partial charge in [0.2, 0.25) is 0 Å². The van der Waals surface area contributed by atoms with Crippen molar-refractivity contribution >= 4 is 5.97 Å². The smallest absolute Gasteiger partial charge is 0.327 e. The quantitative estimate of drug-likeness (QED) is 0.662. The van der Waals surface area contributed by atoms with Gasteiger partial charge in [0.1, 0.15) is 12.4 Å². The number of ether oxygens (including phenoxy) is 1. The molecule has 5 nitrogen and oxygen atoms in total. The molecular weight excluding hydrogens is 260 g/mol. The zero-order chi connectivity index (χ0) is 15.2. The van der Waals surface area contributed by atoms with Crippen molar-refractivity contribution in [2.45, 2.75) is 20.0 Å². The van der Waals surface area contributed by atoms with Gasteiger partial charge in [-0.15, -0.1) is 0 Å². The lowest BCUT2D eigenvalue weighted by Crippen LogP contribution is -2.21. The maximum atomic E-state index is 10.6. The number of aliphatic hydroxyl groups is 2. The fraction of sp³-hybridized carbons (Fsp3) is 0.400. The van der Waals surface area contributed by atoms with E-state index >= 15 is 0 Å². The molecule has 0 saturated carbocycles. The van der Waals surface area contributed by atoms with Gasteiger partial charge in [-0.1, -0.05) is 38.1 Å². The van der Waals surface area contributed by atoms with E-state index < -0.39 is 17.5 Å². The second-order valence-corrected chi connectivity index (χ2v) is 5.01. The molecular formula is C15H20O5. The molecule has 1 rings (SSSR count). The molecule has 1 aromatic carbocycles. The van der Waals surface area contributed by atoms with Gasteiger partial charge in [0.05, 0.1) is 12.7 Å². The Morgan fingerprint density at radius 2 is 2.05 bits per heavy atom. The standard InChI is InChI=1S/C15H20O5/c1-15(2,8-7-13(17)18)14(19)11-5-3-4-6-12(11)20-10-9-16/h3-8,14,16,19H,9-10H2,1-2H3,(H,17,18)/b8-7+/t14-/m1/s1. The summed E-state index contributed by atoms with van der Waals surface area (Å²) < 4.78 is 5.38. The first-order valence-corrected chi connectivity index (χ1v) is 6.31. The molecule has 0 radical (unpaired) electrons. The summed E-state index contributed by atoms with van der Waals surface area (Å²) in [4.78, 5) is 10.6. The minimum absolute atomic E-state index is 0.118. The monoisotopic (exact) mass is 280 g/mol. The van der Waals surface area contributed by atoms with Crippen LogP contribution in [0.2, 0.25) is 0 Å². The molecule has 20 heavy (non-hydrogen) atoms. The molecule has 0 bridgehead atoms. The second-order valence-electron chi connectivity index (χ2n) is 5.01. The lowest BCUT2D eigenvalue weighted by atomic mass is 9.82. The molecule has 1 atom stereocenters. The summed E-state index contributed by atoms with van der Waals surface area (Å²) in [5, 5.41) is 27.9. The molecule has 5 heteroatoms. The van der Waals surface area contributed by atoms with Crippen LogP contribution in [0.1, 0.15) is 25.5 Å². The average Bonchev–Trinajstić information content (AvgIpc) is 2.42. The molecule has 0 aliphatic carbocycles. The predicted molar refractivity (Wildman–Crippen MR) is 74.5 cm³/mol. The van der Waals surface area contributed by atoms with Gasteiger partial charge in [-0.2, -0.15) is 0 Å². The largest absolute Gasteiger partial charge is 0.491 e. The first-order valence-electron chi connectivity index (χ1n) is 6.31. The molecule has 0 unspecified atom stereocenters. The van der Waals surface area contributed by atoms with E-state index in [1.54, 1.807) is 38.1 Å². The molecule has 0 amide bonds. The maximum absolute atomic E-state index is 10.6. The normalized spacial score (nSPS) is 13.4. The first kappa shape index (κ1) is 16.2. The Kier molecular flexibility index (Phi) is 5.73. The number of benzene rings is 1. The van der Waals surface area contributed by atoms with Crippen molar-refractivity contribution in [3.05, 3.63) is 42.0 Å². The van der Waals surface area contributed by atoms with Gasteiger partial charge in [-0.25, -0.2) is 4.79 Å². The molecule has 0 aromatic heterocycles. The third-order valence-corrected chi connectivity index (χ3v) is 2.92. The summed E-state index contributed by atoms with van der Waals surface area (Å²) in [5.74, 6) is -0.582. The summed E-state index contributed by atoms with van der Waals surface area (Å²) in [6, 6.07) is 6.95. The number of aliphatic hydroxyl groups excluding tert-OH is 2. The Morgan fingerprint density at radius 3 is 2.65 bits per heavy atom. The van der Waals surface area contributed by atoms with Crippen LogP contribution in [0.4, 0.5) is 0 Å². The first-order chi connectivity index (χ1) is 9.38. The molecule has 0 saturated heterocycles. The number of hydrogen-bond donors (Lipinski definition) is 3. The number of aliphatic carboxylic acids is 1. The number of carboxylic acids is 1. The Balaban J connectivity index is 3.01. The Hall–Kier alpha value is -1.85. The van der Waals surface area contributed by atoms with Crippen LogP contribution < -0.4 is 4.74 Å². The number of hydrogen-bond acceptors (Lipinski definition) is 4. The van der Waals surface area contributed by atoms with E-state index in [1.807, 2.05) is 0 Å². The third-order valence-electron chi connectivity index (χ3n) is 2.92. The van der Waals surface area contributed by atoms with Crippen molar-refractivity contribution in [2.75, 3.05) is 13.2 Å². The SMILES string of the molecule is CC(C)(/C=C/C(=O)O)[C@H](O)c1ccccc1OCCO. The van der Waals surface area contributed by atoms with Crippen molar-refractivity contribution in [3.8, 4) is 5.75 Å². The molecule has 3 N–H and O–H groups in total. The molecule has 110 valence electrons.